The number of rotatable bonds is 6. The third-order valence-corrected chi connectivity index (χ3v) is 5.37. The number of hydrogen-bond donors (Lipinski definition) is 0. The first-order valence-electron chi connectivity index (χ1n) is 8.22. The van der Waals surface area contributed by atoms with Crippen molar-refractivity contribution in [2.45, 2.75) is 13.5 Å². The summed E-state index contributed by atoms with van der Waals surface area (Å²) in [5.41, 5.74) is 3.27. The van der Waals surface area contributed by atoms with Crippen LogP contribution in [0.3, 0.4) is 0 Å². The van der Waals surface area contributed by atoms with Crippen molar-refractivity contribution < 1.29 is 9.53 Å². The number of ether oxygens (including phenoxy) is 1. The number of nitrogens with zero attached hydrogens (tertiary/aromatic N) is 1. The van der Waals surface area contributed by atoms with Gasteiger partial charge in [-0.05, 0) is 41.8 Å². The molecule has 5 heteroatoms. The molecule has 1 saturated heterocycles. The Bertz CT molecular complexity index is 889. The Morgan fingerprint density at radius 2 is 2.04 bits per heavy atom. The second-order valence-corrected chi connectivity index (χ2v) is 7.54. The molecule has 0 saturated carbocycles. The van der Waals surface area contributed by atoms with Gasteiger partial charge in [-0.2, -0.15) is 0 Å². The highest BCUT2D eigenvalue weighted by atomic mass is 32.2. The van der Waals surface area contributed by atoms with E-state index in [0.29, 0.717) is 22.4 Å². The van der Waals surface area contributed by atoms with Crippen molar-refractivity contribution in [3.05, 3.63) is 82.8 Å². The molecule has 1 fully saturated rings. The van der Waals surface area contributed by atoms with Gasteiger partial charge in [0.05, 0.1) is 4.91 Å². The van der Waals surface area contributed by atoms with Crippen molar-refractivity contribution in [1.29, 1.82) is 0 Å². The minimum atomic E-state index is -0.0777. The molecule has 2 aromatic rings. The van der Waals surface area contributed by atoms with Crippen molar-refractivity contribution >= 4 is 40.3 Å². The van der Waals surface area contributed by atoms with Gasteiger partial charge in [-0.1, -0.05) is 66.5 Å². The van der Waals surface area contributed by atoms with Crippen molar-refractivity contribution in [2.24, 2.45) is 0 Å². The molecule has 0 bridgehead atoms. The van der Waals surface area contributed by atoms with E-state index in [9.17, 15) is 4.79 Å². The number of thiocarbonyl (C=S) groups is 1. The number of hydrogen-bond acceptors (Lipinski definition) is 4. The molecule has 0 aliphatic carbocycles. The molecule has 0 spiro atoms. The quantitative estimate of drug-likeness (QED) is 0.402. The van der Waals surface area contributed by atoms with Crippen molar-refractivity contribution in [1.82, 2.24) is 4.90 Å². The predicted molar refractivity (Wildman–Crippen MR) is 112 cm³/mol. The molecule has 26 heavy (non-hydrogen) atoms. The van der Waals surface area contributed by atoms with Gasteiger partial charge in [0.2, 0.25) is 0 Å². The predicted octanol–water partition coefficient (Wildman–Crippen LogP) is 4.96. The molecule has 3 rings (SSSR count). The van der Waals surface area contributed by atoms with Gasteiger partial charge in [0, 0.05) is 6.54 Å². The van der Waals surface area contributed by atoms with Crippen LogP contribution < -0.4 is 4.74 Å². The molecule has 0 atom stereocenters. The van der Waals surface area contributed by atoms with Crippen molar-refractivity contribution in [3.8, 4) is 5.75 Å². The third-order valence-electron chi connectivity index (χ3n) is 4.00. The smallest absolute Gasteiger partial charge is 0.266 e. The van der Waals surface area contributed by atoms with Gasteiger partial charge >= 0.3 is 0 Å². The third kappa shape index (κ3) is 4.23. The van der Waals surface area contributed by atoms with Gasteiger partial charge in [-0.3, -0.25) is 9.69 Å². The normalized spacial score (nSPS) is 15.6. The Balaban J connectivity index is 1.73. The number of aryl methyl sites for hydroxylation is 1. The average Bonchev–Trinajstić information content (AvgIpc) is 2.89. The molecule has 3 nitrogen and oxygen atoms in total. The summed E-state index contributed by atoms with van der Waals surface area (Å²) >= 11 is 6.58. The molecule has 0 aromatic heterocycles. The van der Waals surface area contributed by atoms with E-state index in [0.717, 1.165) is 16.9 Å². The number of carbonyl (C=O) groups is 1. The standard InChI is InChI=1S/C21H19NO2S2/c1-3-11-22-20(23)19(26-21(22)25)13-16-8-6-10-18(12-16)24-14-17-9-5-4-7-15(17)2/h3-10,12-13H,1,11,14H2,2H3/b19-13+. The monoisotopic (exact) mass is 381 g/mol. The Morgan fingerprint density at radius 1 is 1.23 bits per heavy atom. The van der Waals surface area contributed by atoms with Crippen LogP contribution in [0.4, 0.5) is 0 Å². The molecule has 1 heterocycles. The summed E-state index contributed by atoms with van der Waals surface area (Å²) in [7, 11) is 0. The van der Waals surface area contributed by atoms with Gasteiger partial charge in [0.1, 0.15) is 16.7 Å². The summed E-state index contributed by atoms with van der Waals surface area (Å²) in [4.78, 5) is 14.6. The highest BCUT2D eigenvalue weighted by Crippen LogP contribution is 2.32. The van der Waals surface area contributed by atoms with Gasteiger partial charge in [-0.15, -0.1) is 6.58 Å². The molecule has 1 amide bonds. The van der Waals surface area contributed by atoms with Crippen molar-refractivity contribution in [3.63, 3.8) is 0 Å². The minimum Gasteiger partial charge on any atom is -0.489 e. The minimum absolute atomic E-state index is 0.0777. The SMILES string of the molecule is C=CCN1C(=O)/C(=C\c2cccc(OCc3ccccc3C)c2)SC1=S. The van der Waals surface area contributed by atoms with Crippen LogP contribution in [0.5, 0.6) is 5.75 Å². The highest BCUT2D eigenvalue weighted by Gasteiger charge is 2.30. The topological polar surface area (TPSA) is 29.5 Å². The largest absolute Gasteiger partial charge is 0.489 e. The van der Waals surface area contributed by atoms with E-state index in [-0.39, 0.29) is 5.91 Å². The lowest BCUT2D eigenvalue weighted by Crippen LogP contribution is -2.27. The molecule has 0 radical (unpaired) electrons. The Morgan fingerprint density at radius 3 is 2.81 bits per heavy atom. The second-order valence-electron chi connectivity index (χ2n) is 5.87. The van der Waals surface area contributed by atoms with Crippen LogP contribution in [0.25, 0.3) is 6.08 Å². The molecule has 0 unspecified atom stereocenters. The molecular formula is C21H19NO2S2. The molecule has 1 aliphatic heterocycles. The maximum atomic E-state index is 12.4. The first kappa shape index (κ1) is 18.4. The van der Waals surface area contributed by atoms with Crippen molar-refractivity contribution in [2.75, 3.05) is 6.54 Å². The van der Waals surface area contributed by atoms with Crippen LogP contribution in [-0.2, 0) is 11.4 Å². The Kier molecular flexibility index (Phi) is 5.91. The van der Waals surface area contributed by atoms with Crippen LogP contribution in [0.1, 0.15) is 16.7 Å². The van der Waals surface area contributed by atoms with E-state index in [1.165, 1.54) is 17.3 Å². The maximum absolute atomic E-state index is 12.4. The van der Waals surface area contributed by atoms with Gasteiger partial charge in [-0.25, -0.2) is 0 Å². The Labute approximate surface area is 163 Å². The first-order valence-corrected chi connectivity index (χ1v) is 9.44. The second kappa shape index (κ2) is 8.34. The molecule has 1 aliphatic rings. The maximum Gasteiger partial charge on any atom is 0.266 e. The lowest BCUT2D eigenvalue weighted by Gasteiger charge is -2.10. The van der Waals surface area contributed by atoms with E-state index in [1.54, 1.807) is 11.0 Å². The summed E-state index contributed by atoms with van der Waals surface area (Å²) < 4.78 is 6.48. The highest BCUT2D eigenvalue weighted by molar-refractivity contribution is 8.26. The number of thioether (sulfide) groups is 1. The zero-order valence-electron chi connectivity index (χ0n) is 14.5. The summed E-state index contributed by atoms with van der Waals surface area (Å²) in [6.45, 7) is 6.68. The van der Waals surface area contributed by atoms with Gasteiger partial charge in [0.25, 0.3) is 5.91 Å². The van der Waals surface area contributed by atoms with E-state index >= 15 is 0 Å². The zero-order chi connectivity index (χ0) is 18.5. The fourth-order valence-corrected chi connectivity index (χ4v) is 3.84. The van der Waals surface area contributed by atoms with Gasteiger partial charge in [0.15, 0.2) is 0 Å². The lowest BCUT2D eigenvalue weighted by molar-refractivity contribution is -0.121. The summed E-state index contributed by atoms with van der Waals surface area (Å²) in [6, 6.07) is 15.9. The van der Waals surface area contributed by atoms with E-state index in [2.05, 4.69) is 25.6 Å². The van der Waals surface area contributed by atoms with Crippen LogP contribution in [-0.4, -0.2) is 21.7 Å². The van der Waals surface area contributed by atoms with Crippen LogP contribution in [0, 0.1) is 6.92 Å². The number of amides is 1. The molecule has 0 N–H and O–H groups in total. The average molecular weight is 382 g/mol. The number of carbonyl (C=O) groups excluding carboxylic acids is 1. The summed E-state index contributed by atoms with van der Waals surface area (Å²) in [5.74, 6) is 0.690. The first-order chi connectivity index (χ1) is 12.6. The molecule has 2 aromatic carbocycles. The molecular weight excluding hydrogens is 362 g/mol. The fraction of sp³-hybridized carbons (Fsp3) is 0.143. The Hall–Kier alpha value is -2.37. The van der Waals surface area contributed by atoms with Crippen LogP contribution in [0.2, 0.25) is 0 Å². The van der Waals surface area contributed by atoms with E-state index in [4.69, 9.17) is 17.0 Å². The van der Waals surface area contributed by atoms with Gasteiger partial charge < -0.3 is 4.74 Å². The summed E-state index contributed by atoms with van der Waals surface area (Å²) in [6.07, 6.45) is 3.52. The van der Waals surface area contributed by atoms with Crippen LogP contribution >= 0.6 is 24.0 Å². The lowest BCUT2D eigenvalue weighted by atomic mass is 10.1. The molecule has 132 valence electrons. The number of benzene rings is 2. The fourth-order valence-electron chi connectivity index (χ4n) is 2.57. The summed E-state index contributed by atoms with van der Waals surface area (Å²) in [5, 5.41) is 0. The zero-order valence-corrected chi connectivity index (χ0v) is 16.1. The van der Waals surface area contributed by atoms with E-state index in [1.807, 2.05) is 42.5 Å². The van der Waals surface area contributed by atoms with E-state index < -0.39 is 0 Å². The van der Waals surface area contributed by atoms with Crippen LogP contribution in [0.15, 0.2) is 66.1 Å².